The van der Waals surface area contributed by atoms with Gasteiger partial charge in [0.1, 0.15) is 11.6 Å². The van der Waals surface area contributed by atoms with Gasteiger partial charge in [-0.3, -0.25) is 4.79 Å². The molecule has 0 aliphatic carbocycles. The molecule has 0 bridgehead atoms. The molecule has 4 rings (SSSR count). The Labute approximate surface area is 174 Å². The van der Waals surface area contributed by atoms with Crippen molar-refractivity contribution < 1.29 is 9.21 Å². The van der Waals surface area contributed by atoms with E-state index in [1.165, 1.54) is 6.92 Å². The van der Waals surface area contributed by atoms with E-state index in [1.807, 2.05) is 72.8 Å². The molecule has 0 unspecified atom stereocenters. The van der Waals surface area contributed by atoms with Crippen molar-refractivity contribution in [3.8, 4) is 11.3 Å². The molecule has 2 heterocycles. The van der Waals surface area contributed by atoms with Crippen LogP contribution in [-0.2, 0) is 11.3 Å². The Kier molecular flexibility index (Phi) is 5.70. The van der Waals surface area contributed by atoms with Gasteiger partial charge in [-0.1, -0.05) is 30.3 Å². The minimum Gasteiger partial charge on any atom is -0.467 e. The van der Waals surface area contributed by atoms with Crippen LogP contribution in [0.5, 0.6) is 0 Å². The molecule has 2 aromatic heterocycles. The highest BCUT2D eigenvalue weighted by Gasteiger charge is 2.08. The smallest absolute Gasteiger partial charge is 0.225 e. The first-order valence-corrected chi connectivity index (χ1v) is 9.51. The zero-order valence-electron chi connectivity index (χ0n) is 16.4. The minimum atomic E-state index is -0.105. The van der Waals surface area contributed by atoms with Crippen molar-refractivity contribution in [1.29, 1.82) is 0 Å². The molecule has 1 amide bonds. The van der Waals surface area contributed by atoms with Crippen LogP contribution in [0.15, 0.2) is 83.5 Å². The maximum Gasteiger partial charge on any atom is 0.225 e. The van der Waals surface area contributed by atoms with Crippen LogP contribution in [0.25, 0.3) is 11.3 Å². The molecule has 0 aliphatic rings. The zero-order valence-corrected chi connectivity index (χ0v) is 16.4. The standard InChI is InChI=1S/C23H21N5O2/c1-16(29)25-18-9-11-19(12-10-18)26-22-14-21(17-6-3-2-4-7-17)27-23(28-22)24-15-20-8-5-13-30-20/h2-14H,15H2,1H3,(H,25,29)(H2,24,26,27,28). The first-order valence-electron chi connectivity index (χ1n) is 9.51. The fourth-order valence-corrected chi connectivity index (χ4v) is 2.91. The van der Waals surface area contributed by atoms with Crippen LogP contribution in [-0.4, -0.2) is 15.9 Å². The normalized spacial score (nSPS) is 10.4. The van der Waals surface area contributed by atoms with E-state index in [-0.39, 0.29) is 5.91 Å². The molecule has 0 saturated heterocycles. The Balaban J connectivity index is 1.59. The average molecular weight is 399 g/mol. The largest absolute Gasteiger partial charge is 0.467 e. The van der Waals surface area contributed by atoms with Gasteiger partial charge in [0.15, 0.2) is 0 Å². The van der Waals surface area contributed by atoms with E-state index in [0.717, 1.165) is 28.4 Å². The Bertz CT molecular complexity index is 1110. The first-order chi connectivity index (χ1) is 14.7. The summed E-state index contributed by atoms with van der Waals surface area (Å²) < 4.78 is 5.37. The lowest BCUT2D eigenvalue weighted by Gasteiger charge is -2.12. The van der Waals surface area contributed by atoms with Gasteiger partial charge in [-0.05, 0) is 36.4 Å². The molecular formula is C23H21N5O2. The number of furan rings is 1. The molecule has 0 spiro atoms. The maximum absolute atomic E-state index is 11.2. The number of amides is 1. The lowest BCUT2D eigenvalue weighted by molar-refractivity contribution is -0.114. The predicted octanol–water partition coefficient (Wildman–Crippen LogP) is 5.05. The van der Waals surface area contributed by atoms with Crippen molar-refractivity contribution in [2.45, 2.75) is 13.5 Å². The lowest BCUT2D eigenvalue weighted by Crippen LogP contribution is -2.06. The molecule has 30 heavy (non-hydrogen) atoms. The maximum atomic E-state index is 11.2. The fourth-order valence-electron chi connectivity index (χ4n) is 2.91. The number of hydrogen-bond donors (Lipinski definition) is 3. The summed E-state index contributed by atoms with van der Waals surface area (Å²) in [6.07, 6.45) is 1.63. The Morgan fingerprint density at radius 3 is 2.40 bits per heavy atom. The molecule has 7 nitrogen and oxygen atoms in total. The summed E-state index contributed by atoms with van der Waals surface area (Å²) in [5.74, 6) is 1.83. The second kappa shape index (κ2) is 8.91. The molecule has 4 aromatic rings. The van der Waals surface area contributed by atoms with Gasteiger partial charge in [-0.2, -0.15) is 4.98 Å². The summed E-state index contributed by atoms with van der Waals surface area (Å²) in [6.45, 7) is 1.96. The van der Waals surface area contributed by atoms with Crippen molar-refractivity contribution in [2.24, 2.45) is 0 Å². The number of rotatable bonds is 7. The van der Waals surface area contributed by atoms with E-state index >= 15 is 0 Å². The summed E-state index contributed by atoms with van der Waals surface area (Å²) in [5, 5.41) is 9.27. The third-order valence-corrected chi connectivity index (χ3v) is 4.27. The third kappa shape index (κ3) is 5.02. The molecule has 3 N–H and O–H groups in total. The van der Waals surface area contributed by atoms with Gasteiger partial charge in [0, 0.05) is 29.9 Å². The van der Waals surface area contributed by atoms with Gasteiger partial charge >= 0.3 is 0 Å². The number of hydrogen-bond acceptors (Lipinski definition) is 6. The SMILES string of the molecule is CC(=O)Nc1ccc(Nc2cc(-c3ccccc3)nc(NCc3ccco3)n2)cc1. The van der Waals surface area contributed by atoms with Crippen molar-refractivity contribution >= 4 is 29.0 Å². The predicted molar refractivity (Wildman–Crippen MR) is 118 cm³/mol. The van der Waals surface area contributed by atoms with E-state index < -0.39 is 0 Å². The fraction of sp³-hybridized carbons (Fsp3) is 0.0870. The summed E-state index contributed by atoms with van der Waals surface area (Å²) in [4.78, 5) is 20.4. The van der Waals surface area contributed by atoms with Gasteiger partial charge in [0.2, 0.25) is 11.9 Å². The molecular weight excluding hydrogens is 378 g/mol. The molecule has 2 aromatic carbocycles. The third-order valence-electron chi connectivity index (χ3n) is 4.27. The molecule has 0 aliphatic heterocycles. The second-order valence-electron chi connectivity index (χ2n) is 6.64. The highest BCUT2D eigenvalue weighted by atomic mass is 16.3. The topological polar surface area (TPSA) is 92.1 Å². The quantitative estimate of drug-likeness (QED) is 0.403. The zero-order chi connectivity index (χ0) is 20.8. The average Bonchev–Trinajstić information content (AvgIpc) is 3.28. The van der Waals surface area contributed by atoms with E-state index in [4.69, 9.17) is 4.42 Å². The summed E-state index contributed by atoms with van der Waals surface area (Å²) in [5.41, 5.74) is 3.37. The lowest BCUT2D eigenvalue weighted by atomic mass is 10.1. The van der Waals surface area contributed by atoms with Crippen LogP contribution in [0.1, 0.15) is 12.7 Å². The highest BCUT2D eigenvalue weighted by Crippen LogP contribution is 2.24. The monoisotopic (exact) mass is 399 g/mol. The Morgan fingerprint density at radius 1 is 0.933 bits per heavy atom. The van der Waals surface area contributed by atoms with Gasteiger partial charge in [0.25, 0.3) is 0 Å². The van der Waals surface area contributed by atoms with Crippen LogP contribution in [0.3, 0.4) is 0 Å². The van der Waals surface area contributed by atoms with Crippen LogP contribution in [0.4, 0.5) is 23.1 Å². The number of carbonyl (C=O) groups excluding carboxylic acids is 1. The number of anilines is 4. The van der Waals surface area contributed by atoms with Crippen molar-refractivity contribution in [1.82, 2.24) is 9.97 Å². The Morgan fingerprint density at radius 2 is 1.70 bits per heavy atom. The number of benzene rings is 2. The number of nitrogens with zero attached hydrogens (tertiary/aromatic N) is 2. The molecule has 0 fully saturated rings. The number of aromatic nitrogens is 2. The van der Waals surface area contributed by atoms with Crippen molar-refractivity contribution in [3.63, 3.8) is 0 Å². The Hall–Kier alpha value is -4.13. The van der Waals surface area contributed by atoms with Gasteiger partial charge in [0.05, 0.1) is 18.5 Å². The van der Waals surface area contributed by atoms with Crippen LogP contribution < -0.4 is 16.0 Å². The summed E-state index contributed by atoms with van der Waals surface area (Å²) in [6, 6.07) is 23.0. The van der Waals surface area contributed by atoms with Gasteiger partial charge in [-0.15, -0.1) is 0 Å². The van der Waals surface area contributed by atoms with Gasteiger partial charge < -0.3 is 20.4 Å². The molecule has 0 saturated carbocycles. The van der Waals surface area contributed by atoms with Crippen molar-refractivity contribution in [2.75, 3.05) is 16.0 Å². The van der Waals surface area contributed by atoms with Crippen LogP contribution in [0, 0.1) is 0 Å². The number of carbonyl (C=O) groups is 1. The molecule has 0 atom stereocenters. The van der Waals surface area contributed by atoms with Gasteiger partial charge in [-0.25, -0.2) is 4.98 Å². The molecule has 0 radical (unpaired) electrons. The first kappa shape index (κ1) is 19.2. The number of nitrogens with one attached hydrogen (secondary N) is 3. The summed E-state index contributed by atoms with van der Waals surface area (Å²) in [7, 11) is 0. The molecule has 7 heteroatoms. The van der Waals surface area contributed by atoms with E-state index in [9.17, 15) is 4.79 Å². The summed E-state index contributed by atoms with van der Waals surface area (Å²) >= 11 is 0. The van der Waals surface area contributed by atoms with E-state index in [0.29, 0.717) is 18.3 Å². The highest BCUT2D eigenvalue weighted by molar-refractivity contribution is 5.88. The van der Waals surface area contributed by atoms with E-state index in [2.05, 4.69) is 25.9 Å². The van der Waals surface area contributed by atoms with E-state index in [1.54, 1.807) is 6.26 Å². The van der Waals surface area contributed by atoms with Crippen LogP contribution in [0.2, 0.25) is 0 Å². The minimum absolute atomic E-state index is 0.105. The van der Waals surface area contributed by atoms with Crippen molar-refractivity contribution in [3.05, 3.63) is 84.8 Å². The molecule has 150 valence electrons. The second-order valence-corrected chi connectivity index (χ2v) is 6.64. The van der Waals surface area contributed by atoms with Crippen LogP contribution >= 0.6 is 0 Å².